The fourth-order valence-corrected chi connectivity index (χ4v) is 0.425. The second kappa shape index (κ2) is 2.30. The van der Waals surface area contributed by atoms with Crippen molar-refractivity contribution in [3.05, 3.63) is 0 Å². The monoisotopic (exact) mass is 115 g/mol. The Labute approximate surface area is 46.1 Å². The molecule has 1 aliphatic heterocycles. The molecule has 0 aliphatic carbocycles. The van der Waals surface area contributed by atoms with Crippen molar-refractivity contribution in [3.8, 4) is 0 Å². The lowest BCUT2D eigenvalue weighted by molar-refractivity contribution is -0.157. The van der Waals surface area contributed by atoms with Crippen LogP contribution in [0.2, 0.25) is 0 Å². The van der Waals surface area contributed by atoms with Crippen molar-refractivity contribution < 1.29 is 14.4 Å². The smallest absolute Gasteiger partial charge is 0.296 e. The van der Waals surface area contributed by atoms with Crippen molar-refractivity contribution in [1.82, 2.24) is 0 Å². The minimum absolute atomic E-state index is 0.347. The maximum atomic E-state index is 9.60. The van der Waals surface area contributed by atoms with Crippen LogP contribution in [-0.4, -0.2) is 19.0 Å². The Morgan fingerprint density at radius 3 is 3.38 bits per heavy atom. The summed E-state index contributed by atoms with van der Waals surface area (Å²) in [6.45, 7) is 0.347. The first-order valence-electron chi connectivity index (χ1n) is 2.20. The van der Waals surface area contributed by atoms with Gasteiger partial charge in [-0.1, -0.05) is 5.16 Å². The van der Waals surface area contributed by atoms with E-state index in [1.165, 1.54) is 0 Å². The van der Waals surface area contributed by atoms with Crippen LogP contribution in [-0.2, 0) is 14.4 Å². The van der Waals surface area contributed by atoms with Crippen LogP contribution in [0.15, 0.2) is 5.16 Å². The summed E-state index contributed by atoms with van der Waals surface area (Å²) in [5, 5.41) is 3.37. The van der Waals surface area contributed by atoms with E-state index in [2.05, 4.69) is 14.7 Å². The SMILES string of the molecule is O=COC1CC=NO1. The van der Waals surface area contributed by atoms with E-state index in [4.69, 9.17) is 0 Å². The number of nitrogens with zero attached hydrogens (tertiary/aromatic N) is 1. The third-order valence-corrected chi connectivity index (χ3v) is 0.758. The molecule has 0 saturated carbocycles. The predicted molar refractivity (Wildman–Crippen MR) is 25.1 cm³/mol. The summed E-state index contributed by atoms with van der Waals surface area (Å²) < 4.78 is 4.38. The molecule has 0 radical (unpaired) electrons. The molecule has 4 nitrogen and oxygen atoms in total. The molecule has 0 aromatic heterocycles. The lowest BCUT2D eigenvalue weighted by atomic mass is 10.5. The van der Waals surface area contributed by atoms with Gasteiger partial charge in [-0.2, -0.15) is 0 Å². The lowest BCUT2D eigenvalue weighted by Gasteiger charge is -2.01. The Balaban J connectivity index is 2.19. The van der Waals surface area contributed by atoms with Gasteiger partial charge in [0.15, 0.2) is 0 Å². The molecule has 8 heavy (non-hydrogen) atoms. The van der Waals surface area contributed by atoms with E-state index >= 15 is 0 Å². The van der Waals surface area contributed by atoms with Gasteiger partial charge in [0.05, 0.1) is 12.6 Å². The van der Waals surface area contributed by atoms with Crippen molar-refractivity contribution in [2.24, 2.45) is 5.16 Å². The van der Waals surface area contributed by atoms with E-state index in [0.717, 1.165) is 0 Å². The molecule has 0 bridgehead atoms. The van der Waals surface area contributed by atoms with Crippen LogP contribution in [0.1, 0.15) is 6.42 Å². The topological polar surface area (TPSA) is 47.9 Å². The van der Waals surface area contributed by atoms with Crippen LogP contribution in [0.3, 0.4) is 0 Å². The fraction of sp³-hybridized carbons (Fsp3) is 0.500. The minimum atomic E-state index is -0.479. The molecule has 0 saturated heterocycles. The third-order valence-electron chi connectivity index (χ3n) is 0.758. The number of carbonyl (C=O) groups excluding carboxylic acids is 1. The first kappa shape index (κ1) is 5.08. The van der Waals surface area contributed by atoms with Crippen LogP contribution in [0.4, 0.5) is 0 Å². The van der Waals surface area contributed by atoms with Gasteiger partial charge < -0.3 is 9.57 Å². The van der Waals surface area contributed by atoms with Gasteiger partial charge in [0.1, 0.15) is 0 Å². The number of hydrogen-bond acceptors (Lipinski definition) is 4. The van der Waals surface area contributed by atoms with E-state index in [9.17, 15) is 4.79 Å². The summed E-state index contributed by atoms with van der Waals surface area (Å²) in [4.78, 5) is 14.1. The highest BCUT2D eigenvalue weighted by Gasteiger charge is 2.11. The summed E-state index contributed by atoms with van der Waals surface area (Å²) in [6, 6.07) is 0. The molecular weight excluding hydrogens is 110 g/mol. The Bertz CT molecular complexity index is 104. The first-order chi connectivity index (χ1) is 3.93. The molecule has 0 spiro atoms. The highest BCUT2D eigenvalue weighted by molar-refractivity contribution is 5.58. The van der Waals surface area contributed by atoms with Crippen molar-refractivity contribution >= 4 is 12.7 Å². The Kier molecular flexibility index (Phi) is 1.46. The van der Waals surface area contributed by atoms with Crippen LogP contribution in [0.5, 0.6) is 0 Å². The Morgan fingerprint density at radius 1 is 2.00 bits per heavy atom. The van der Waals surface area contributed by atoms with Crippen LogP contribution < -0.4 is 0 Å². The van der Waals surface area contributed by atoms with Gasteiger partial charge in [0.25, 0.3) is 12.8 Å². The quantitative estimate of drug-likeness (QED) is 0.472. The zero-order valence-corrected chi connectivity index (χ0v) is 4.11. The van der Waals surface area contributed by atoms with E-state index < -0.39 is 6.29 Å². The molecule has 0 N–H and O–H groups in total. The maximum Gasteiger partial charge on any atom is 0.296 e. The highest BCUT2D eigenvalue weighted by Crippen LogP contribution is 2.03. The molecular formula is C4H5NO3. The largest absolute Gasteiger partial charge is 0.425 e. The van der Waals surface area contributed by atoms with E-state index in [-0.39, 0.29) is 0 Å². The molecule has 1 unspecified atom stereocenters. The fourth-order valence-electron chi connectivity index (χ4n) is 0.425. The second-order valence-corrected chi connectivity index (χ2v) is 1.29. The summed E-state index contributed by atoms with van der Waals surface area (Å²) in [5.74, 6) is 0. The summed E-state index contributed by atoms with van der Waals surface area (Å²) in [6.07, 6.45) is 1.62. The average molecular weight is 115 g/mol. The molecule has 4 heteroatoms. The van der Waals surface area contributed by atoms with Gasteiger partial charge in [-0.05, 0) is 0 Å². The minimum Gasteiger partial charge on any atom is -0.425 e. The number of ether oxygens (including phenoxy) is 1. The lowest BCUT2D eigenvalue weighted by Crippen LogP contribution is -2.08. The average Bonchev–Trinajstić information content (AvgIpc) is 2.19. The number of rotatable bonds is 2. The Hall–Kier alpha value is -1.06. The molecule has 1 heterocycles. The molecule has 0 amide bonds. The standard InChI is InChI=1S/C4H5NO3/c6-3-7-4-1-2-5-8-4/h2-4H,1H2. The molecule has 44 valence electrons. The first-order valence-corrected chi connectivity index (χ1v) is 2.20. The van der Waals surface area contributed by atoms with Gasteiger partial charge in [-0.3, -0.25) is 4.79 Å². The van der Waals surface area contributed by atoms with E-state index in [1.54, 1.807) is 6.21 Å². The summed E-state index contributed by atoms with van der Waals surface area (Å²) >= 11 is 0. The van der Waals surface area contributed by atoms with Crippen molar-refractivity contribution in [3.63, 3.8) is 0 Å². The Morgan fingerprint density at radius 2 is 2.88 bits per heavy atom. The zero-order valence-electron chi connectivity index (χ0n) is 4.11. The number of carbonyl (C=O) groups is 1. The van der Waals surface area contributed by atoms with Gasteiger partial charge in [0, 0.05) is 0 Å². The van der Waals surface area contributed by atoms with E-state index in [1.807, 2.05) is 0 Å². The molecule has 0 aromatic rings. The predicted octanol–water partition coefficient (Wildman–Crippen LogP) is -0.108. The van der Waals surface area contributed by atoms with Gasteiger partial charge in [0.2, 0.25) is 0 Å². The molecule has 1 atom stereocenters. The van der Waals surface area contributed by atoms with Gasteiger partial charge in [-0.25, -0.2) is 0 Å². The number of hydrogen-bond donors (Lipinski definition) is 0. The van der Waals surface area contributed by atoms with E-state index in [0.29, 0.717) is 12.9 Å². The molecule has 0 aromatic carbocycles. The molecule has 0 fully saturated rings. The normalized spacial score (nSPS) is 24.8. The third kappa shape index (κ3) is 0.959. The highest BCUT2D eigenvalue weighted by atomic mass is 16.8. The van der Waals surface area contributed by atoms with Gasteiger partial charge >= 0.3 is 0 Å². The van der Waals surface area contributed by atoms with Crippen molar-refractivity contribution in [2.75, 3.05) is 0 Å². The second-order valence-electron chi connectivity index (χ2n) is 1.29. The van der Waals surface area contributed by atoms with Crippen LogP contribution >= 0.6 is 0 Å². The number of oxime groups is 1. The molecule has 1 aliphatic rings. The zero-order chi connectivity index (χ0) is 5.82. The summed E-state index contributed by atoms with van der Waals surface area (Å²) in [5.41, 5.74) is 0. The van der Waals surface area contributed by atoms with Crippen molar-refractivity contribution in [1.29, 1.82) is 0 Å². The maximum absolute atomic E-state index is 9.60. The summed E-state index contributed by atoms with van der Waals surface area (Å²) in [7, 11) is 0. The molecule has 1 rings (SSSR count). The van der Waals surface area contributed by atoms with Crippen LogP contribution in [0.25, 0.3) is 0 Å². The van der Waals surface area contributed by atoms with Gasteiger partial charge in [-0.15, -0.1) is 0 Å². The van der Waals surface area contributed by atoms with Crippen molar-refractivity contribution in [2.45, 2.75) is 12.7 Å². The van der Waals surface area contributed by atoms with Crippen LogP contribution in [0, 0.1) is 0 Å².